The van der Waals surface area contributed by atoms with Crippen molar-refractivity contribution in [1.82, 2.24) is 23.5 Å². The van der Waals surface area contributed by atoms with E-state index in [0.29, 0.717) is 11.5 Å². The van der Waals surface area contributed by atoms with Gasteiger partial charge in [-0.25, -0.2) is 4.98 Å². The van der Waals surface area contributed by atoms with Gasteiger partial charge in [0.1, 0.15) is 5.65 Å². The van der Waals surface area contributed by atoms with Crippen molar-refractivity contribution in [2.24, 2.45) is 0 Å². The van der Waals surface area contributed by atoms with Crippen molar-refractivity contribution >= 4 is 82.1 Å². The van der Waals surface area contributed by atoms with E-state index in [1.807, 2.05) is 18.3 Å². The van der Waals surface area contributed by atoms with Crippen LogP contribution in [0.15, 0.2) is 212 Å². The Bertz CT molecular complexity index is 4320. The van der Waals surface area contributed by atoms with E-state index in [-0.39, 0.29) is 20.4 Å². The van der Waals surface area contributed by atoms with Gasteiger partial charge in [0, 0.05) is 55.9 Å². The Morgan fingerprint density at radius 3 is 1.90 bits per heavy atom. The average Bonchev–Trinajstić information content (AvgIpc) is 4.07. The first-order valence-electron chi connectivity index (χ1n) is 22.7. The second-order valence-corrected chi connectivity index (χ2v) is 17.5. The minimum Gasteiger partial charge on any atom is -0.503 e. The number of fused-ring (bicyclic) bond motifs is 17. The van der Waals surface area contributed by atoms with E-state index >= 15 is 0 Å². The normalized spacial score (nSPS) is 13.0. The van der Waals surface area contributed by atoms with Gasteiger partial charge in [-0.2, -0.15) is 6.07 Å². The molecule has 320 valence electrons. The Labute approximate surface area is 403 Å². The van der Waals surface area contributed by atoms with Crippen molar-refractivity contribution in [2.75, 3.05) is 0 Å². The van der Waals surface area contributed by atoms with Gasteiger partial charge in [0.2, 0.25) is 0 Å². The molecule has 0 spiro atoms. The van der Waals surface area contributed by atoms with Crippen molar-refractivity contribution in [3.05, 3.63) is 247 Å². The third-order valence-corrected chi connectivity index (χ3v) is 14.2. The Hall–Kier alpha value is -8.34. The van der Waals surface area contributed by atoms with E-state index in [4.69, 9.17) is 14.7 Å². The minimum atomic E-state index is -0.653. The molecule has 0 atom stereocenters. The van der Waals surface area contributed by atoms with Crippen LogP contribution in [-0.4, -0.2) is 23.5 Å². The molecule has 0 amide bonds. The van der Waals surface area contributed by atoms with E-state index < -0.39 is 5.41 Å². The molecular weight excluding hydrogens is 925 g/mol. The van der Waals surface area contributed by atoms with E-state index in [0.717, 1.165) is 88.3 Å². The number of benzene rings is 9. The minimum absolute atomic E-state index is 0. The predicted octanol–water partition coefficient (Wildman–Crippen LogP) is 14.5. The van der Waals surface area contributed by atoms with Gasteiger partial charge in [0.25, 0.3) is 0 Å². The maximum absolute atomic E-state index is 6.93. The largest absolute Gasteiger partial charge is 2.00 e. The molecule has 7 heteroatoms. The molecule has 68 heavy (non-hydrogen) atoms. The SMILES string of the molecule is [Pd+2].[c-]1c(Oc2[c-]c3c(cc2)c2ccc4c(c5ccccc5n4-c4ccccc4)c2n2c4ccccc4nc32)ccc2c1-n1c3ncccc3c3cccc(c31)C2(c1ccccc1)c1ccccc1. The number of ether oxygens (including phenoxy) is 1. The second-order valence-electron chi connectivity index (χ2n) is 17.5. The van der Waals surface area contributed by atoms with Crippen LogP contribution in [0.2, 0.25) is 0 Å². The van der Waals surface area contributed by atoms with Crippen LogP contribution < -0.4 is 4.74 Å². The summed E-state index contributed by atoms with van der Waals surface area (Å²) >= 11 is 0. The fourth-order valence-corrected chi connectivity index (χ4v) is 11.5. The molecule has 15 rings (SSSR count). The van der Waals surface area contributed by atoms with Gasteiger partial charge >= 0.3 is 20.4 Å². The number of para-hydroxylation sites is 5. The number of imidazole rings is 1. The molecule has 6 heterocycles. The van der Waals surface area contributed by atoms with Crippen LogP contribution in [0.25, 0.3) is 93.5 Å². The molecule has 1 aliphatic heterocycles. The molecule has 0 aliphatic carbocycles. The zero-order valence-corrected chi connectivity index (χ0v) is 37.7. The molecule has 0 N–H and O–H groups in total. The van der Waals surface area contributed by atoms with Gasteiger partial charge < -0.3 is 18.3 Å². The Morgan fingerprint density at radius 2 is 1.09 bits per heavy atom. The first kappa shape index (κ1) is 38.9. The van der Waals surface area contributed by atoms with Gasteiger partial charge in [-0.05, 0) is 70.6 Å². The number of rotatable bonds is 5. The average molecular weight is 960 g/mol. The third-order valence-electron chi connectivity index (χ3n) is 14.2. The van der Waals surface area contributed by atoms with Crippen molar-refractivity contribution in [2.45, 2.75) is 5.41 Å². The monoisotopic (exact) mass is 959 g/mol. The summed E-state index contributed by atoms with van der Waals surface area (Å²) in [6, 6.07) is 80.9. The van der Waals surface area contributed by atoms with Crippen LogP contribution in [0.5, 0.6) is 11.5 Å². The number of hydrogen-bond donors (Lipinski definition) is 0. The molecule has 14 aromatic rings. The summed E-state index contributed by atoms with van der Waals surface area (Å²) in [6.45, 7) is 0. The first-order valence-corrected chi connectivity index (χ1v) is 22.7. The van der Waals surface area contributed by atoms with Gasteiger partial charge in [0.15, 0.2) is 0 Å². The summed E-state index contributed by atoms with van der Waals surface area (Å²) in [5.74, 6) is 1.16. The number of pyridine rings is 2. The predicted molar refractivity (Wildman–Crippen MR) is 270 cm³/mol. The quantitative estimate of drug-likeness (QED) is 0.0981. The molecule has 0 bridgehead atoms. The molecule has 1 aliphatic rings. The summed E-state index contributed by atoms with van der Waals surface area (Å²) in [5.41, 5.74) is 14.2. The summed E-state index contributed by atoms with van der Waals surface area (Å²) in [5, 5.41) is 7.66. The molecule has 0 unspecified atom stereocenters. The van der Waals surface area contributed by atoms with Crippen molar-refractivity contribution < 1.29 is 25.2 Å². The molecular formula is C61H35N5OPd. The fourth-order valence-electron chi connectivity index (χ4n) is 11.5. The number of nitrogens with zero attached hydrogens (tertiary/aromatic N) is 5. The summed E-state index contributed by atoms with van der Waals surface area (Å²) in [6.07, 6.45) is 1.88. The van der Waals surface area contributed by atoms with Crippen LogP contribution in [0.4, 0.5) is 0 Å². The van der Waals surface area contributed by atoms with Crippen LogP contribution in [0.3, 0.4) is 0 Å². The van der Waals surface area contributed by atoms with Crippen molar-refractivity contribution in [3.8, 4) is 22.9 Å². The number of aromatic nitrogens is 5. The molecule has 0 radical (unpaired) electrons. The van der Waals surface area contributed by atoms with E-state index in [1.54, 1.807) is 0 Å². The maximum atomic E-state index is 6.93. The molecule has 5 aromatic heterocycles. The van der Waals surface area contributed by atoms with Gasteiger partial charge in [-0.1, -0.05) is 156 Å². The molecule has 0 saturated carbocycles. The zero-order chi connectivity index (χ0) is 43.8. The van der Waals surface area contributed by atoms with Gasteiger partial charge in [0.05, 0.1) is 33.2 Å². The Balaban J connectivity index is 0.00000437. The summed E-state index contributed by atoms with van der Waals surface area (Å²) < 4.78 is 13.9. The van der Waals surface area contributed by atoms with Crippen molar-refractivity contribution in [3.63, 3.8) is 0 Å². The molecule has 0 fully saturated rings. The van der Waals surface area contributed by atoms with E-state index in [9.17, 15) is 0 Å². The zero-order valence-electron chi connectivity index (χ0n) is 36.2. The number of hydrogen-bond acceptors (Lipinski definition) is 3. The standard InChI is InChI=1S/C61H35N5O.Pd/c1-4-16-38(17-5-1)61(39-18-6-2-7-19-39)49-33-30-42(37-55(49)66-57-44(23-14-25-50(57)61)46-24-15-35-62-59(46)66)67-41-29-31-43-45-32-34-54-56(47-22-10-12-27-52(47)64(54)40-20-8-3-9-21-40)58(45)65-53-28-13-11-26-51(53)63-60(65)48(43)36-41;/h1-35H;/q-2;+2. The first-order chi connectivity index (χ1) is 33.3. The Kier molecular flexibility index (Phi) is 8.34. The molecule has 0 saturated heterocycles. The fraction of sp³-hybridized carbons (Fsp3) is 0.0164. The van der Waals surface area contributed by atoms with Crippen molar-refractivity contribution in [1.29, 1.82) is 0 Å². The van der Waals surface area contributed by atoms with Crippen LogP contribution in [0, 0.1) is 12.1 Å². The summed E-state index contributed by atoms with van der Waals surface area (Å²) in [7, 11) is 0. The smallest absolute Gasteiger partial charge is 0.503 e. The van der Waals surface area contributed by atoms with E-state index in [1.165, 1.54) is 27.5 Å². The topological polar surface area (TPSA) is 49.3 Å². The summed E-state index contributed by atoms with van der Waals surface area (Å²) in [4.78, 5) is 10.4. The molecule has 6 nitrogen and oxygen atoms in total. The van der Waals surface area contributed by atoms with E-state index in [2.05, 4.69) is 220 Å². The second kappa shape index (κ2) is 14.6. The van der Waals surface area contributed by atoms with Crippen LogP contribution in [0.1, 0.15) is 22.3 Å². The third kappa shape index (κ3) is 5.15. The van der Waals surface area contributed by atoms with Crippen LogP contribution >= 0.6 is 0 Å². The maximum Gasteiger partial charge on any atom is 2.00 e. The molecule has 9 aromatic carbocycles. The Morgan fingerprint density at radius 1 is 0.441 bits per heavy atom. The van der Waals surface area contributed by atoms with Gasteiger partial charge in [-0.3, -0.25) is 4.98 Å². The van der Waals surface area contributed by atoms with Crippen LogP contribution in [-0.2, 0) is 25.8 Å². The van der Waals surface area contributed by atoms with Gasteiger partial charge in [-0.15, -0.1) is 29.8 Å².